The molecule has 1 aromatic heterocycles. The van der Waals surface area contributed by atoms with Crippen LogP contribution in [-0.2, 0) is 13.6 Å². The first-order valence-electron chi connectivity index (χ1n) is 7.40. The van der Waals surface area contributed by atoms with Crippen molar-refractivity contribution in [3.8, 4) is 0 Å². The lowest BCUT2D eigenvalue weighted by molar-refractivity contribution is -0.683. The normalized spacial score (nSPS) is 18.7. The molecule has 0 aliphatic rings. The van der Waals surface area contributed by atoms with Crippen LogP contribution in [0.25, 0.3) is 0 Å². The maximum absolute atomic E-state index is 10.3. The van der Waals surface area contributed by atoms with Crippen LogP contribution in [0.3, 0.4) is 0 Å². The Balaban J connectivity index is 2.90. The van der Waals surface area contributed by atoms with Crippen molar-refractivity contribution < 1.29 is 35.2 Å². The van der Waals surface area contributed by atoms with Crippen molar-refractivity contribution in [1.82, 2.24) is 4.57 Å². The van der Waals surface area contributed by atoms with Gasteiger partial charge in [0.25, 0.3) is 5.82 Å². The number of aromatic nitrogens is 2. The van der Waals surface area contributed by atoms with Gasteiger partial charge < -0.3 is 30.6 Å². The van der Waals surface area contributed by atoms with Gasteiger partial charge in [0.2, 0.25) is 0 Å². The SMILES string of the molecule is CCCCn1cc[n+](C)c1[13C@H](O)[C@H](O)[C@@H](O)[C@H](O)[C@H](O)CO. The van der Waals surface area contributed by atoms with Crippen LogP contribution in [0.5, 0.6) is 0 Å². The first kappa shape index (κ1) is 19.0. The second-order valence-corrected chi connectivity index (χ2v) is 5.48. The van der Waals surface area contributed by atoms with Crippen LogP contribution in [0.15, 0.2) is 12.4 Å². The van der Waals surface area contributed by atoms with Gasteiger partial charge >= 0.3 is 0 Å². The summed E-state index contributed by atoms with van der Waals surface area (Å²) in [4.78, 5) is 0. The number of aliphatic hydroxyl groups excluding tert-OH is 6. The molecule has 1 aromatic rings. The Morgan fingerprint density at radius 2 is 1.73 bits per heavy atom. The largest absolute Gasteiger partial charge is 0.394 e. The molecule has 0 fully saturated rings. The number of hydrogen-bond donors (Lipinski definition) is 6. The van der Waals surface area contributed by atoms with Crippen LogP contribution in [0.4, 0.5) is 0 Å². The highest BCUT2D eigenvalue weighted by molar-refractivity contribution is 4.96. The topological polar surface area (TPSA) is 130 Å². The van der Waals surface area contributed by atoms with Gasteiger partial charge in [-0.05, 0) is 6.42 Å². The predicted molar refractivity (Wildman–Crippen MR) is 76.6 cm³/mol. The van der Waals surface area contributed by atoms with Crippen molar-refractivity contribution in [3.63, 3.8) is 0 Å². The van der Waals surface area contributed by atoms with E-state index in [1.165, 1.54) is 0 Å². The molecule has 6 N–H and O–H groups in total. The molecule has 0 aliphatic heterocycles. The Bertz CT molecular complexity index is 453. The van der Waals surface area contributed by atoms with E-state index in [-0.39, 0.29) is 0 Å². The molecule has 128 valence electrons. The van der Waals surface area contributed by atoms with Crippen molar-refractivity contribution in [1.29, 1.82) is 0 Å². The molecule has 5 atom stereocenters. The molecule has 8 heteroatoms. The minimum absolute atomic E-state index is 0.380. The quantitative estimate of drug-likeness (QED) is 0.222. The first-order chi connectivity index (χ1) is 10.3. The van der Waals surface area contributed by atoms with Crippen LogP contribution in [0, 0.1) is 0 Å². The molecule has 0 radical (unpaired) electrons. The van der Waals surface area contributed by atoms with E-state index in [1.54, 1.807) is 28.6 Å². The van der Waals surface area contributed by atoms with Crippen LogP contribution >= 0.6 is 0 Å². The van der Waals surface area contributed by atoms with Crippen molar-refractivity contribution in [2.75, 3.05) is 6.61 Å². The lowest BCUT2D eigenvalue weighted by Gasteiger charge is -2.27. The number of hydrogen-bond acceptors (Lipinski definition) is 6. The number of nitrogens with zero attached hydrogens (tertiary/aromatic N) is 2. The Hall–Kier alpha value is -1.03. The minimum atomic E-state index is -1.80. The van der Waals surface area contributed by atoms with Crippen LogP contribution in [0.2, 0.25) is 0 Å². The molecule has 0 saturated heterocycles. The summed E-state index contributed by atoms with van der Waals surface area (Å²) in [5.41, 5.74) is 0. The van der Waals surface area contributed by atoms with Crippen molar-refractivity contribution in [3.05, 3.63) is 18.2 Å². The fraction of sp³-hybridized carbons (Fsp3) is 0.786. The number of unbranched alkanes of at least 4 members (excludes halogenated alkanes) is 1. The molecule has 0 unspecified atom stereocenters. The summed E-state index contributed by atoms with van der Waals surface area (Å²) >= 11 is 0. The van der Waals surface area contributed by atoms with Crippen LogP contribution in [-0.4, -0.2) is 66.2 Å². The van der Waals surface area contributed by atoms with Gasteiger partial charge in [-0.3, -0.25) is 0 Å². The van der Waals surface area contributed by atoms with Crippen LogP contribution < -0.4 is 4.57 Å². The number of aryl methyl sites for hydroxylation is 2. The Labute approximate surface area is 129 Å². The van der Waals surface area contributed by atoms with Gasteiger partial charge in [-0.25, -0.2) is 9.13 Å². The van der Waals surface area contributed by atoms with Crippen molar-refractivity contribution in [2.24, 2.45) is 7.05 Å². The molecule has 22 heavy (non-hydrogen) atoms. The zero-order valence-corrected chi connectivity index (χ0v) is 12.9. The summed E-state index contributed by atoms with van der Waals surface area (Å²) in [7, 11) is 1.69. The molecule has 0 aliphatic carbocycles. The van der Waals surface area contributed by atoms with Gasteiger partial charge in [-0.1, -0.05) is 13.3 Å². The van der Waals surface area contributed by atoms with Crippen molar-refractivity contribution in [2.45, 2.75) is 56.8 Å². The molecule has 0 amide bonds. The number of aliphatic hydroxyl groups is 6. The van der Waals surface area contributed by atoms with E-state index in [0.29, 0.717) is 12.4 Å². The first-order valence-corrected chi connectivity index (χ1v) is 7.40. The maximum Gasteiger partial charge on any atom is 0.288 e. The Morgan fingerprint density at radius 1 is 1.09 bits per heavy atom. The van der Waals surface area contributed by atoms with Gasteiger partial charge in [0.05, 0.1) is 20.2 Å². The molecule has 1 rings (SSSR count). The zero-order chi connectivity index (χ0) is 16.9. The summed E-state index contributed by atoms with van der Waals surface area (Å²) in [5, 5.41) is 58.0. The van der Waals surface area contributed by atoms with E-state index in [2.05, 4.69) is 0 Å². The molecular formula is C14H27N2O6+. The predicted octanol–water partition coefficient (Wildman–Crippen LogP) is -2.42. The molecule has 0 aromatic carbocycles. The standard InChI is InChI=1S/C14H27N2O6/c1-3-4-5-16-7-6-15(2)14(16)13(22)12(21)11(20)10(19)9(18)8-17/h6-7,9-13,17-22H,3-5,8H2,1-2H3/q+1/t9-,10-,11+,12-,13-/m1/s1/i13+1. The lowest BCUT2D eigenvalue weighted by Crippen LogP contribution is -2.49. The Kier molecular flexibility index (Phi) is 7.40. The van der Waals surface area contributed by atoms with Gasteiger partial charge in [-0.2, -0.15) is 0 Å². The zero-order valence-electron chi connectivity index (χ0n) is 12.9. The summed E-state index contributed by atoms with van der Waals surface area (Å²) in [6.45, 7) is 1.92. The summed E-state index contributed by atoms with van der Waals surface area (Å²) < 4.78 is 3.38. The smallest absolute Gasteiger partial charge is 0.288 e. The average Bonchev–Trinajstić information content (AvgIpc) is 2.89. The van der Waals surface area contributed by atoms with Gasteiger partial charge in [0.1, 0.15) is 36.8 Å². The summed E-state index contributed by atoms with van der Waals surface area (Å²) in [6, 6.07) is 0. The van der Waals surface area contributed by atoms with E-state index in [9.17, 15) is 25.5 Å². The lowest BCUT2D eigenvalue weighted by atomic mass is 10.1. The highest BCUT2D eigenvalue weighted by atomic mass is 16.4. The third-order valence-electron chi connectivity index (χ3n) is 3.75. The molecule has 0 bridgehead atoms. The number of imidazole rings is 1. The third-order valence-corrected chi connectivity index (χ3v) is 3.75. The van der Waals surface area contributed by atoms with E-state index in [0.717, 1.165) is 12.8 Å². The summed E-state index contributed by atoms with van der Waals surface area (Å²) in [5.74, 6) is 0.380. The van der Waals surface area contributed by atoms with E-state index >= 15 is 0 Å². The molecule has 0 spiro atoms. The molecular weight excluding hydrogens is 293 g/mol. The second-order valence-electron chi connectivity index (χ2n) is 5.48. The fourth-order valence-electron chi connectivity index (χ4n) is 2.31. The monoisotopic (exact) mass is 320 g/mol. The minimum Gasteiger partial charge on any atom is -0.394 e. The van der Waals surface area contributed by atoms with E-state index in [4.69, 9.17) is 5.11 Å². The van der Waals surface area contributed by atoms with Gasteiger partial charge in [-0.15, -0.1) is 0 Å². The van der Waals surface area contributed by atoms with Gasteiger partial charge in [0.15, 0.2) is 6.10 Å². The number of rotatable bonds is 9. The van der Waals surface area contributed by atoms with Crippen molar-refractivity contribution >= 4 is 0 Å². The maximum atomic E-state index is 10.3. The molecule has 8 nitrogen and oxygen atoms in total. The van der Waals surface area contributed by atoms with Gasteiger partial charge in [0, 0.05) is 0 Å². The highest BCUT2D eigenvalue weighted by Gasteiger charge is 2.39. The fourth-order valence-corrected chi connectivity index (χ4v) is 2.31. The highest BCUT2D eigenvalue weighted by Crippen LogP contribution is 2.19. The average molecular weight is 320 g/mol. The second kappa shape index (κ2) is 8.56. The van der Waals surface area contributed by atoms with Crippen LogP contribution in [0.1, 0.15) is 31.7 Å². The molecule has 1 heterocycles. The third kappa shape index (κ3) is 4.25. The molecule has 0 saturated carbocycles. The Morgan fingerprint density at radius 3 is 2.27 bits per heavy atom. The van der Waals surface area contributed by atoms with E-state index in [1.807, 2.05) is 6.92 Å². The summed E-state index contributed by atoms with van der Waals surface area (Å²) in [6.07, 6.45) is -3.00. The van der Waals surface area contributed by atoms with E-state index < -0.39 is 37.1 Å².